The topological polar surface area (TPSA) is 106 Å². The van der Waals surface area contributed by atoms with Crippen molar-refractivity contribution in [1.82, 2.24) is 10.7 Å². The van der Waals surface area contributed by atoms with Crippen LogP contribution in [0.25, 0.3) is 0 Å². The molecule has 0 saturated heterocycles. The molecule has 2 N–H and O–H groups in total. The van der Waals surface area contributed by atoms with E-state index >= 15 is 0 Å². The number of carbonyl (C=O) groups is 3. The highest BCUT2D eigenvalue weighted by Crippen LogP contribution is 2.29. The fourth-order valence-corrected chi connectivity index (χ4v) is 3.21. The number of esters is 1. The van der Waals surface area contributed by atoms with Crippen molar-refractivity contribution in [3.63, 3.8) is 0 Å². The molecule has 2 aromatic carbocycles. The molecule has 2 amide bonds. The van der Waals surface area contributed by atoms with Crippen LogP contribution >= 0.6 is 11.3 Å². The predicted molar refractivity (Wildman–Crippen MR) is 121 cm³/mol. The molecule has 170 valence electrons. The molecule has 0 aliphatic carbocycles. The van der Waals surface area contributed by atoms with E-state index in [0.29, 0.717) is 22.8 Å². The van der Waals surface area contributed by atoms with Gasteiger partial charge in [0.15, 0.2) is 11.5 Å². The van der Waals surface area contributed by atoms with Gasteiger partial charge in [0.2, 0.25) is 0 Å². The number of hydrogen-bond donors (Lipinski definition) is 2. The Hall–Kier alpha value is -4.05. The van der Waals surface area contributed by atoms with Gasteiger partial charge < -0.3 is 14.8 Å². The van der Waals surface area contributed by atoms with Crippen molar-refractivity contribution in [1.29, 1.82) is 0 Å². The number of thiophene rings is 1. The molecule has 0 bridgehead atoms. The van der Waals surface area contributed by atoms with Crippen LogP contribution in [-0.2, 0) is 4.79 Å². The summed E-state index contributed by atoms with van der Waals surface area (Å²) in [4.78, 5) is 36.5. The van der Waals surface area contributed by atoms with Gasteiger partial charge in [0.25, 0.3) is 11.8 Å². The first-order valence-corrected chi connectivity index (χ1v) is 10.7. The SMILES string of the molecule is CCOc1cc(/C=N\NC(=O)CNC(=O)c2cccc(F)c2)ccc1OC(=O)c1cccs1. The number of rotatable bonds is 9. The van der Waals surface area contributed by atoms with Crippen LogP contribution in [0.3, 0.4) is 0 Å². The van der Waals surface area contributed by atoms with Gasteiger partial charge in [-0.1, -0.05) is 12.1 Å². The number of amides is 2. The zero-order valence-corrected chi connectivity index (χ0v) is 18.4. The average molecular weight is 469 g/mol. The second-order valence-electron chi connectivity index (χ2n) is 6.49. The summed E-state index contributed by atoms with van der Waals surface area (Å²) in [6.45, 7) is 1.81. The van der Waals surface area contributed by atoms with E-state index in [-0.39, 0.29) is 17.9 Å². The Kier molecular flexibility index (Phi) is 8.25. The molecular formula is C23H20FN3O5S. The molecule has 0 spiro atoms. The van der Waals surface area contributed by atoms with Crippen molar-refractivity contribution in [2.24, 2.45) is 5.10 Å². The van der Waals surface area contributed by atoms with E-state index in [9.17, 15) is 18.8 Å². The van der Waals surface area contributed by atoms with E-state index in [2.05, 4.69) is 15.8 Å². The Morgan fingerprint density at radius 1 is 1.09 bits per heavy atom. The summed E-state index contributed by atoms with van der Waals surface area (Å²) in [5.74, 6) is -1.57. The molecule has 3 aromatic rings. The summed E-state index contributed by atoms with van der Waals surface area (Å²) in [5, 5.41) is 8.00. The van der Waals surface area contributed by atoms with Gasteiger partial charge in [-0.2, -0.15) is 5.10 Å². The van der Waals surface area contributed by atoms with Crippen LogP contribution in [0.2, 0.25) is 0 Å². The van der Waals surface area contributed by atoms with Gasteiger partial charge in [-0.25, -0.2) is 14.6 Å². The molecule has 33 heavy (non-hydrogen) atoms. The molecule has 1 aromatic heterocycles. The molecule has 10 heteroatoms. The Morgan fingerprint density at radius 2 is 1.94 bits per heavy atom. The van der Waals surface area contributed by atoms with Crippen molar-refractivity contribution in [2.75, 3.05) is 13.2 Å². The molecule has 3 rings (SSSR count). The van der Waals surface area contributed by atoms with Gasteiger partial charge in [0, 0.05) is 5.56 Å². The van der Waals surface area contributed by atoms with E-state index in [1.165, 1.54) is 35.8 Å². The minimum atomic E-state index is -0.581. The van der Waals surface area contributed by atoms with Crippen LogP contribution in [0.5, 0.6) is 11.5 Å². The average Bonchev–Trinajstić information content (AvgIpc) is 3.34. The van der Waals surface area contributed by atoms with Gasteiger partial charge in [0.05, 0.1) is 19.4 Å². The fraction of sp³-hybridized carbons (Fsp3) is 0.130. The Balaban J connectivity index is 1.55. The van der Waals surface area contributed by atoms with Crippen molar-refractivity contribution >= 4 is 35.3 Å². The first kappa shape index (κ1) is 23.6. The second kappa shape index (κ2) is 11.5. The minimum Gasteiger partial charge on any atom is -0.490 e. The Morgan fingerprint density at radius 3 is 2.67 bits per heavy atom. The number of carbonyl (C=O) groups excluding carboxylic acids is 3. The van der Waals surface area contributed by atoms with Crippen molar-refractivity contribution < 1.29 is 28.2 Å². The summed E-state index contributed by atoms with van der Waals surface area (Å²) in [6, 6.07) is 13.4. The highest BCUT2D eigenvalue weighted by molar-refractivity contribution is 7.12. The zero-order chi connectivity index (χ0) is 23.6. The largest absolute Gasteiger partial charge is 0.490 e. The highest BCUT2D eigenvalue weighted by atomic mass is 32.1. The third-order valence-electron chi connectivity index (χ3n) is 4.09. The van der Waals surface area contributed by atoms with Crippen LogP contribution in [0.1, 0.15) is 32.5 Å². The van der Waals surface area contributed by atoms with Crippen LogP contribution in [0.4, 0.5) is 4.39 Å². The number of nitrogens with one attached hydrogen (secondary N) is 2. The van der Waals surface area contributed by atoms with E-state index in [1.54, 1.807) is 42.6 Å². The van der Waals surface area contributed by atoms with E-state index in [0.717, 1.165) is 6.07 Å². The molecule has 0 aliphatic rings. The van der Waals surface area contributed by atoms with E-state index < -0.39 is 23.6 Å². The molecule has 0 unspecified atom stereocenters. The lowest BCUT2D eigenvalue weighted by molar-refractivity contribution is -0.120. The monoisotopic (exact) mass is 469 g/mol. The number of benzene rings is 2. The third kappa shape index (κ3) is 6.97. The highest BCUT2D eigenvalue weighted by Gasteiger charge is 2.14. The maximum atomic E-state index is 13.2. The molecule has 0 fully saturated rings. The van der Waals surface area contributed by atoms with Crippen LogP contribution in [-0.4, -0.2) is 37.1 Å². The van der Waals surface area contributed by atoms with Crippen LogP contribution in [0, 0.1) is 5.82 Å². The maximum Gasteiger partial charge on any atom is 0.353 e. The zero-order valence-electron chi connectivity index (χ0n) is 17.5. The summed E-state index contributed by atoms with van der Waals surface area (Å²) in [7, 11) is 0. The number of ether oxygens (including phenoxy) is 2. The third-order valence-corrected chi connectivity index (χ3v) is 4.94. The lowest BCUT2D eigenvalue weighted by Gasteiger charge is -2.10. The number of halogens is 1. The number of hydrogen-bond acceptors (Lipinski definition) is 7. The van der Waals surface area contributed by atoms with Crippen LogP contribution < -0.4 is 20.2 Å². The van der Waals surface area contributed by atoms with Gasteiger partial charge >= 0.3 is 5.97 Å². The smallest absolute Gasteiger partial charge is 0.353 e. The van der Waals surface area contributed by atoms with Crippen LogP contribution in [0.15, 0.2) is 65.1 Å². The standard InChI is InChI=1S/C23H20FN3O5S/c1-2-31-19-11-15(8-9-18(19)32-23(30)20-7-4-10-33-20)13-26-27-21(28)14-25-22(29)16-5-3-6-17(24)12-16/h3-13H,2,14H2,1H3,(H,25,29)(H,27,28)/b26-13-. The predicted octanol–water partition coefficient (Wildman–Crippen LogP) is 3.39. The summed E-state index contributed by atoms with van der Waals surface area (Å²) < 4.78 is 24.1. The van der Waals surface area contributed by atoms with Crippen molar-refractivity contribution in [3.8, 4) is 11.5 Å². The summed E-state index contributed by atoms with van der Waals surface area (Å²) in [5.41, 5.74) is 2.97. The van der Waals surface area contributed by atoms with Gasteiger partial charge in [0.1, 0.15) is 10.7 Å². The summed E-state index contributed by atoms with van der Waals surface area (Å²) >= 11 is 1.27. The molecular weight excluding hydrogens is 449 g/mol. The van der Waals surface area contributed by atoms with Gasteiger partial charge in [-0.05, 0) is 60.3 Å². The Labute approximate surface area is 193 Å². The normalized spacial score (nSPS) is 10.6. The molecule has 0 saturated carbocycles. The minimum absolute atomic E-state index is 0.106. The second-order valence-corrected chi connectivity index (χ2v) is 7.44. The van der Waals surface area contributed by atoms with E-state index in [1.807, 2.05) is 0 Å². The van der Waals surface area contributed by atoms with Gasteiger partial charge in [-0.3, -0.25) is 9.59 Å². The molecule has 0 atom stereocenters. The molecule has 1 heterocycles. The van der Waals surface area contributed by atoms with E-state index in [4.69, 9.17) is 9.47 Å². The lowest BCUT2D eigenvalue weighted by atomic mass is 10.2. The number of hydrazone groups is 1. The number of nitrogens with zero attached hydrogens (tertiary/aromatic N) is 1. The first-order valence-electron chi connectivity index (χ1n) is 9.84. The first-order chi connectivity index (χ1) is 16.0. The van der Waals surface area contributed by atoms with Gasteiger partial charge in [-0.15, -0.1) is 11.3 Å². The summed E-state index contributed by atoms with van der Waals surface area (Å²) in [6.07, 6.45) is 1.37. The fourth-order valence-electron chi connectivity index (χ4n) is 2.61. The molecule has 8 nitrogen and oxygen atoms in total. The maximum absolute atomic E-state index is 13.2. The molecule has 0 radical (unpaired) electrons. The quantitative estimate of drug-likeness (QED) is 0.216. The van der Waals surface area contributed by atoms with Crippen molar-refractivity contribution in [2.45, 2.75) is 6.92 Å². The molecule has 0 aliphatic heterocycles. The lowest BCUT2D eigenvalue weighted by Crippen LogP contribution is -2.34. The van der Waals surface area contributed by atoms with Crippen molar-refractivity contribution in [3.05, 3.63) is 81.8 Å². The Bertz CT molecular complexity index is 1160.